The van der Waals surface area contributed by atoms with E-state index in [2.05, 4.69) is 9.47 Å². The molecule has 0 saturated carbocycles. The van der Waals surface area contributed by atoms with Gasteiger partial charge in [0.2, 0.25) is 0 Å². The van der Waals surface area contributed by atoms with Gasteiger partial charge in [-0.2, -0.15) is 0 Å². The Balaban J connectivity index is 3.12. The molecule has 0 aliphatic rings. The zero-order valence-corrected chi connectivity index (χ0v) is 9.37. The fraction of sp³-hybridized carbons (Fsp3) is 0.364. The summed E-state index contributed by atoms with van der Waals surface area (Å²) in [4.78, 5) is 11.0. The molecule has 0 aromatic heterocycles. The topological polar surface area (TPSA) is 55.8 Å². The van der Waals surface area contributed by atoms with Crippen LogP contribution in [0.2, 0.25) is 0 Å². The number of aliphatic hydroxyl groups excluding tert-OH is 1. The Labute approximate surface area is 96.8 Å². The van der Waals surface area contributed by atoms with Gasteiger partial charge in [0.05, 0.1) is 13.7 Å². The summed E-state index contributed by atoms with van der Waals surface area (Å²) >= 11 is 0. The van der Waals surface area contributed by atoms with Crippen LogP contribution in [0.15, 0.2) is 12.1 Å². The molecule has 1 rings (SSSR count). The number of halogens is 2. The summed E-state index contributed by atoms with van der Waals surface area (Å²) in [6, 6.07) is 2.36. The molecule has 17 heavy (non-hydrogen) atoms. The second-order valence-corrected chi connectivity index (χ2v) is 3.30. The van der Waals surface area contributed by atoms with E-state index in [0.717, 1.165) is 13.2 Å². The highest BCUT2D eigenvalue weighted by atomic mass is 19.2. The molecule has 1 aromatic carbocycles. The van der Waals surface area contributed by atoms with Crippen molar-refractivity contribution in [2.24, 2.45) is 0 Å². The van der Waals surface area contributed by atoms with Crippen LogP contribution in [0.5, 0.6) is 0 Å². The zero-order valence-electron chi connectivity index (χ0n) is 9.37. The van der Waals surface area contributed by atoms with Gasteiger partial charge in [-0.05, 0) is 0 Å². The zero-order chi connectivity index (χ0) is 13.0. The van der Waals surface area contributed by atoms with Crippen LogP contribution >= 0.6 is 0 Å². The third kappa shape index (κ3) is 2.78. The highest BCUT2D eigenvalue weighted by Crippen LogP contribution is 2.23. The molecule has 0 heterocycles. The molecule has 0 saturated heterocycles. The van der Waals surface area contributed by atoms with Crippen molar-refractivity contribution in [1.29, 1.82) is 0 Å². The first-order chi connectivity index (χ1) is 8.02. The van der Waals surface area contributed by atoms with E-state index in [9.17, 15) is 18.7 Å². The van der Waals surface area contributed by atoms with Crippen LogP contribution < -0.4 is 0 Å². The average Bonchev–Trinajstić information content (AvgIpc) is 2.33. The lowest BCUT2D eigenvalue weighted by molar-refractivity contribution is -0.150. The van der Waals surface area contributed by atoms with Crippen molar-refractivity contribution in [2.45, 2.75) is 12.7 Å². The van der Waals surface area contributed by atoms with Crippen LogP contribution in [-0.4, -0.2) is 25.3 Å². The summed E-state index contributed by atoms with van der Waals surface area (Å²) in [6.07, 6.45) is -1.84. The molecule has 0 bridgehead atoms. The van der Waals surface area contributed by atoms with Gasteiger partial charge in [0.25, 0.3) is 0 Å². The molecule has 0 aliphatic carbocycles. The quantitative estimate of drug-likeness (QED) is 0.814. The molecule has 6 heteroatoms. The van der Waals surface area contributed by atoms with Crippen LogP contribution in [0.25, 0.3) is 0 Å². The molecule has 0 aliphatic heterocycles. The molecule has 4 nitrogen and oxygen atoms in total. The van der Waals surface area contributed by atoms with Crippen molar-refractivity contribution in [3.8, 4) is 0 Å². The SMILES string of the molecule is COCc1ccc(C(O)C(=O)OC)c(F)c1F. The lowest BCUT2D eigenvalue weighted by Crippen LogP contribution is -2.16. The third-order valence-corrected chi connectivity index (χ3v) is 2.21. The Morgan fingerprint density at radius 3 is 2.53 bits per heavy atom. The van der Waals surface area contributed by atoms with Gasteiger partial charge in [-0.15, -0.1) is 0 Å². The van der Waals surface area contributed by atoms with Crippen molar-refractivity contribution < 1.29 is 28.2 Å². The Morgan fingerprint density at radius 1 is 1.35 bits per heavy atom. The van der Waals surface area contributed by atoms with Gasteiger partial charge in [0.1, 0.15) is 0 Å². The van der Waals surface area contributed by atoms with Crippen molar-refractivity contribution in [1.82, 2.24) is 0 Å². The third-order valence-electron chi connectivity index (χ3n) is 2.21. The van der Waals surface area contributed by atoms with E-state index in [1.165, 1.54) is 13.2 Å². The largest absolute Gasteiger partial charge is 0.467 e. The summed E-state index contributed by atoms with van der Waals surface area (Å²) in [6.45, 7) is -0.0998. The van der Waals surface area contributed by atoms with Crippen LogP contribution in [0.3, 0.4) is 0 Å². The van der Waals surface area contributed by atoms with Gasteiger partial charge in [-0.25, -0.2) is 13.6 Å². The summed E-state index contributed by atoms with van der Waals surface area (Å²) in [5, 5.41) is 9.40. The normalized spacial score (nSPS) is 12.3. The number of esters is 1. The monoisotopic (exact) mass is 246 g/mol. The van der Waals surface area contributed by atoms with Crippen LogP contribution in [-0.2, 0) is 20.9 Å². The number of ether oxygens (including phenoxy) is 2. The van der Waals surface area contributed by atoms with E-state index in [1.807, 2.05) is 0 Å². The van der Waals surface area contributed by atoms with E-state index < -0.39 is 29.3 Å². The first-order valence-electron chi connectivity index (χ1n) is 4.74. The number of methoxy groups -OCH3 is 2. The molecule has 0 amide bonds. The van der Waals surface area contributed by atoms with E-state index in [1.54, 1.807) is 0 Å². The number of benzene rings is 1. The van der Waals surface area contributed by atoms with Crippen LogP contribution in [0.4, 0.5) is 8.78 Å². The molecule has 1 atom stereocenters. The number of aliphatic hydroxyl groups is 1. The Kier molecular flexibility index (Phi) is 4.53. The van der Waals surface area contributed by atoms with Gasteiger partial charge in [0, 0.05) is 18.2 Å². The predicted octanol–water partition coefficient (Wildman–Crippen LogP) is 1.32. The number of carbonyl (C=O) groups excluding carboxylic acids is 1. The van der Waals surface area contributed by atoms with E-state index >= 15 is 0 Å². The van der Waals surface area contributed by atoms with E-state index in [-0.39, 0.29) is 12.2 Å². The Morgan fingerprint density at radius 2 is 2.00 bits per heavy atom. The second-order valence-electron chi connectivity index (χ2n) is 3.30. The fourth-order valence-electron chi connectivity index (χ4n) is 1.32. The van der Waals surface area contributed by atoms with Gasteiger partial charge in [-0.3, -0.25) is 0 Å². The van der Waals surface area contributed by atoms with Gasteiger partial charge < -0.3 is 14.6 Å². The van der Waals surface area contributed by atoms with Gasteiger partial charge in [0.15, 0.2) is 17.7 Å². The average molecular weight is 246 g/mol. The number of rotatable bonds is 4. The first kappa shape index (κ1) is 13.5. The maximum Gasteiger partial charge on any atom is 0.339 e. The summed E-state index contributed by atoms with van der Waals surface area (Å²) in [7, 11) is 2.38. The minimum absolute atomic E-state index is 0.00539. The Bertz CT molecular complexity index is 420. The molecule has 1 N–H and O–H groups in total. The molecular weight excluding hydrogens is 234 g/mol. The molecule has 94 valence electrons. The minimum atomic E-state index is -1.84. The first-order valence-corrected chi connectivity index (χ1v) is 4.74. The second kappa shape index (κ2) is 5.70. The van der Waals surface area contributed by atoms with Crippen molar-refractivity contribution >= 4 is 5.97 Å². The summed E-state index contributed by atoms with van der Waals surface area (Å²) in [5.74, 6) is -3.48. The van der Waals surface area contributed by atoms with Gasteiger partial charge in [-0.1, -0.05) is 12.1 Å². The maximum absolute atomic E-state index is 13.5. The molecule has 1 unspecified atom stereocenters. The van der Waals surface area contributed by atoms with E-state index in [0.29, 0.717) is 0 Å². The Hall–Kier alpha value is -1.53. The fourth-order valence-corrected chi connectivity index (χ4v) is 1.32. The smallest absolute Gasteiger partial charge is 0.339 e. The molecule has 0 spiro atoms. The predicted molar refractivity (Wildman–Crippen MR) is 54.0 cm³/mol. The van der Waals surface area contributed by atoms with Crippen molar-refractivity contribution in [3.63, 3.8) is 0 Å². The van der Waals surface area contributed by atoms with Gasteiger partial charge >= 0.3 is 5.97 Å². The van der Waals surface area contributed by atoms with Crippen molar-refractivity contribution in [3.05, 3.63) is 34.9 Å². The lowest BCUT2D eigenvalue weighted by atomic mass is 10.1. The number of hydrogen-bond acceptors (Lipinski definition) is 4. The summed E-state index contributed by atoms with van der Waals surface area (Å²) in [5.41, 5.74) is -0.458. The van der Waals surface area contributed by atoms with E-state index in [4.69, 9.17) is 0 Å². The highest BCUT2D eigenvalue weighted by Gasteiger charge is 2.24. The number of carbonyl (C=O) groups is 1. The van der Waals surface area contributed by atoms with Crippen molar-refractivity contribution in [2.75, 3.05) is 14.2 Å². The molecule has 1 aromatic rings. The maximum atomic E-state index is 13.5. The van der Waals surface area contributed by atoms with Crippen LogP contribution in [0, 0.1) is 11.6 Å². The minimum Gasteiger partial charge on any atom is -0.467 e. The summed E-state index contributed by atoms with van der Waals surface area (Å²) < 4.78 is 35.9. The standard InChI is InChI=1S/C11H12F2O4/c1-16-5-6-3-4-7(9(13)8(6)12)10(14)11(15)17-2/h3-4,10,14H,5H2,1-2H3. The molecule has 0 fully saturated rings. The highest BCUT2D eigenvalue weighted by molar-refractivity contribution is 5.76. The van der Waals surface area contributed by atoms with Crippen LogP contribution in [0.1, 0.15) is 17.2 Å². The number of hydrogen-bond donors (Lipinski definition) is 1. The lowest BCUT2D eigenvalue weighted by Gasteiger charge is -2.11. The molecular formula is C11H12F2O4. The molecule has 0 radical (unpaired) electrons.